The van der Waals surface area contributed by atoms with Gasteiger partial charge in [0.1, 0.15) is 6.33 Å². The predicted molar refractivity (Wildman–Crippen MR) is 77.8 cm³/mol. The molecule has 0 radical (unpaired) electrons. The lowest BCUT2D eigenvalue weighted by Crippen LogP contribution is -2.25. The first-order chi connectivity index (χ1) is 9.63. The van der Waals surface area contributed by atoms with Gasteiger partial charge in [0.25, 0.3) is 0 Å². The van der Waals surface area contributed by atoms with Crippen LogP contribution in [0.1, 0.15) is 17.5 Å². The van der Waals surface area contributed by atoms with Crippen molar-refractivity contribution in [2.45, 2.75) is 24.9 Å². The Morgan fingerprint density at radius 1 is 1.30 bits per heavy atom. The van der Waals surface area contributed by atoms with E-state index in [1.54, 1.807) is 23.7 Å². The van der Waals surface area contributed by atoms with E-state index in [1.165, 1.54) is 17.7 Å². The Kier molecular flexibility index (Phi) is 5.18. The minimum absolute atomic E-state index is 0.154. The molecule has 0 amide bonds. The minimum atomic E-state index is -3.52. The van der Waals surface area contributed by atoms with Crippen LogP contribution in [-0.4, -0.2) is 24.9 Å². The van der Waals surface area contributed by atoms with Gasteiger partial charge in [-0.05, 0) is 24.1 Å². The van der Waals surface area contributed by atoms with Gasteiger partial charge in [-0.25, -0.2) is 23.1 Å². The van der Waals surface area contributed by atoms with Gasteiger partial charge in [0.15, 0.2) is 0 Å². The van der Waals surface area contributed by atoms with E-state index < -0.39 is 10.0 Å². The fourth-order valence-corrected chi connectivity index (χ4v) is 4.02. The minimum Gasteiger partial charge on any atom is -0.312 e. The first-order valence-electron chi connectivity index (χ1n) is 6.15. The summed E-state index contributed by atoms with van der Waals surface area (Å²) >= 11 is 1.43. The van der Waals surface area contributed by atoms with Gasteiger partial charge in [0.2, 0.25) is 10.0 Å². The summed E-state index contributed by atoms with van der Waals surface area (Å²) < 4.78 is 27.1. The lowest BCUT2D eigenvalue weighted by atomic mass is 10.4. The molecule has 0 spiro atoms. The fraction of sp³-hybridized carbons (Fsp3) is 0.333. The number of rotatable bonds is 7. The summed E-state index contributed by atoms with van der Waals surface area (Å²) in [6.45, 7) is 3.49. The van der Waals surface area contributed by atoms with E-state index in [-0.39, 0.29) is 6.54 Å². The molecule has 0 atom stereocenters. The molecule has 2 rings (SSSR count). The highest BCUT2D eigenvalue weighted by Gasteiger charge is 2.19. The number of nitrogens with zero attached hydrogens (tertiary/aromatic N) is 2. The Balaban J connectivity index is 2.08. The van der Waals surface area contributed by atoms with Crippen molar-refractivity contribution in [2.24, 2.45) is 0 Å². The second-order valence-corrected chi connectivity index (χ2v) is 6.75. The standard InChI is InChI=1S/C12H16N4O2S2/c1-2-13-8-11-12(4-6-19-11)20(17,18)16-7-10-3-5-14-9-15-10/h3-6,9,13,16H,2,7-8H2,1H3. The van der Waals surface area contributed by atoms with Crippen LogP contribution in [0.25, 0.3) is 0 Å². The summed E-state index contributed by atoms with van der Waals surface area (Å²) in [5.41, 5.74) is 0.632. The number of sulfonamides is 1. The van der Waals surface area contributed by atoms with Gasteiger partial charge < -0.3 is 5.32 Å². The SMILES string of the molecule is CCNCc1sccc1S(=O)(=O)NCc1ccncn1. The second-order valence-electron chi connectivity index (χ2n) is 4.01. The van der Waals surface area contributed by atoms with Crippen LogP contribution in [0.2, 0.25) is 0 Å². The molecule has 0 saturated carbocycles. The van der Waals surface area contributed by atoms with E-state index in [9.17, 15) is 8.42 Å². The lowest BCUT2D eigenvalue weighted by molar-refractivity contribution is 0.578. The van der Waals surface area contributed by atoms with Crippen molar-refractivity contribution in [1.29, 1.82) is 0 Å². The number of thiophene rings is 1. The van der Waals surface area contributed by atoms with Crippen LogP contribution in [0.4, 0.5) is 0 Å². The molecule has 108 valence electrons. The van der Waals surface area contributed by atoms with Crippen LogP contribution in [-0.2, 0) is 23.1 Å². The van der Waals surface area contributed by atoms with Gasteiger partial charge >= 0.3 is 0 Å². The normalized spacial score (nSPS) is 11.7. The zero-order valence-corrected chi connectivity index (χ0v) is 12.7. The first kappa shape index (κ1) is 15.0. The topological polar surface area (TPSA) is 84.0 Å². The van der Waals surface area contributed by atoms with Crippen LogP contribution < -0.4 is 10.0 Å². The Morgan fingerprint density at radius 2 is 2.15 bits per heavy atom. The van der Waals surface area contributed by atoms with E-state index >= 15 is 0 Å². The maximum Gasteiger partial charge on any atom is 0.242 e. The van der Waals surface area contributed by atoms with Crippen LogP contribution in [0.3, 0.4) is 0 Å². The van der Waals surface area contributed by atoms with Crippen LogP contribution in [0.15, 0.2) is 34.9 Å². The van der Waals surface area contributed by atoms with E-state index in [0.717, 1.165) is 11.4 Å². The second kappa shape index (κ2) is 6.89. The lowest BCUT2D eigenvalue weighted by Gasteiger charge is -2.07. The summed E-state index contributed by atoms with van der Waals surface area (Å²) in [5.74, 6) is 0. The van der Waals surface area contributed by atoms with Gasteiger partial charge in [-0.15, -0.1) is 11.3 Å². The third-order valence-electron chi connectivity index (χ3n) is 2.62. The predicted octanol–water partition coefficient (Wildman–Crippen LogP) is 1.13. The zero-order valence-electron chi connectivity index (χ0n) is 11.0. The van der Waals surface area contributed by atoms with E-state index in [4.69, 9.17) is 0 Å². The highest BCUT2D eigenvalue weighted by atomic mass is 32.2. The highest BCUT2D eigenvalue weighted by molar-refractivity contribution is 7.89. The summed E-state index contributed by atoms with van der Waals surface area (Å²) in [5, 5.41) is 4.92. The summed E-state index contributed by atoms with van der Waals surface area (Å²) in [4.78, 5) is 8.92. The van der Waals surface area contributed by atoms with Crippen molar-refractivity contribution in [1.82, 2.24) is 20.0 Å². The van der Waals surface area contributed by atoms with E-state index in [0.29, 0.717) is 17.1 Å². The van der Waals surface area contributed by atoms with Gasteiger partial charge in [-0.2, -0.15) is 0 Å². The molecule has 2 aromatic heterocycles. The molecule has 20 heavy (non-hydrogen) atoms. The maximum atomic E-state index is 12.3. The Hall–Kier alpha value is -1.35. The molecule has 0 aliphatic rings. The average Bonchev–Trinajstić information content (AvgIpc) is 2.93. The summed E-state index contributed by atoms with van der Waals surface area (Å²) in [6.07, 6.45) is 2.97. The van der Waals surface area contributed by atoms with Gasteiger partial charge in [0, 0.05) is 17.6 Å². The molecule has 0 fully saturated rings. The van der Waals surface area contributed by atoms with Gasteiger partial charge in [-0.3, -0.25) is 0 Å². The van der Waals surface area contributed by atoms with Gasteiger partial charge in [-0.1, -0.05) is 6.92 Å². The van der Waals surface area contributed by atoms with E-state index in [2.05, 4.69) is 20.0 Å². The zero-order chi connectivity index (χ0) is 14.4. The van der Waals surface area contributed by atoms with Crippen molar-refractivity contribution in [2.75, 3.05) is 6.54 Å². The number of hydrogen-bond donors (Lipinski definition) is 2. The molecule has 0 unspecified atom stereocenters. The van der Waals surface area contributed by atoms with Crippen molar-refractivity contribution in [3.63, 3.8) is 0 Å². The molecule has 6 nitrogen and oxygen atoms in total. The molecule has 8 heteroatoms. The molecule has 0 saturated heterocycles. The molecule has 2 aromatic rings. The third kappa shape index (κ3) is 3.83. The first-order valence-corrected chi connectivity index (χ1v) is 8.51. The maximum absolute atomic E-state index is 12.3. The number of nitrogens with one attached hydrogen (secondary N) is 2. The molecule has 2 heterocycles. The van der Waals surface area contributed by atoms with Crippen LogP contribution in [0.5, 0.6) is 0 Å². The van der Waals surface area contributed by atoms with Crippen molar-refractivity contribution >= 4 is 21.4 Å². The Morgan fingerprint density at radius 3 is 2.85 bits per heavy atom. The van der Waals surface area contributed by atoms with Gasteiger partial charge in [0.05, 0.1) is 17.1 Å². The van der Waals surface area contributed by atoms with Crippen molar-refractivity contribution < 1.29 is 8.42 Å². The molecule has 0 aliphatic carbocycles. The summed E-state index contributed by atoms with van der Waals surface area (Å²) in [6, 6.07) is 3.30. The molecule has 0 aromatic carbocycles. The molecular weight excluding hydrogens is 296 g/mol. The Labute approximate surface area is 122 Å². The molecule has 0 aliphatic heterocycles. The number of hydrogen-bond acceptors (Lipinski definition) is 6. The van der Waals surface area contributed by atoms with E-state index in [1.807, 2.05) is 6.92 Å². The summed E-state index contributed by atoms with van der Waals surface area (Å²) in [7, 11) is -3.52. The quantitative estimate of drug-likeness (QED) is 0.800. The smallest absolute Gasteiger partial charge is 0.242 e. The molecular formula is C12H16N4O2S2. The molecule has 0 bridgehead atoms. The van der Waals surface area contributed by atoms with Crippen molar-refractivity contribution in [3.8, 4) is 0 Å². The van der Waals surface area contributed by atoms with Crippen LogP contribution in [0, 0.1) is 0 Å². The third-order valence-corrected chi connectivity index (χ3v) is 5.15. The Bertz CT molecular complexity index is 640. The average molecular weight is 312 g/mol. The fourth-order valence-electron chi connectivity index (χ4n) is 1.61. The monoisotopic (exact) mass is 312 g/mol. The molecule has 2 N–H and O–H groups in total. The largest absolute Gasteiger partial charge is 0.312 e. The van der Waals surface area contributed by atoms with Crippen LogP contribution >= 0.6 is 11.3 Å². The number of aromatic nitrogens is 2. The highest BCUT2D eigenvalue weighted by Crippen LogP contribution is 2.21. The van der Waals surface area contributed by atoms with Crippen molar-refractivity contribution in [3.05, 3.63) is 40.6 Å².